The molecule has 0 unspecified atom stereocenters. The van der Waals surface area contributed by atoms with Gasteiger partial charge in [0.2, 0.25) is 0 Å². The lowest BCUT2D eigenvalue weighted by molar-refractivity contribution is 0.601. The van der Waals surface area contributed by atoms with Crippen LogP contribution in [0.1, 0.15) is 11.1 Å². The molecule has 0 radical (unpaired) electrons. The van der Waals surface area contributed by atoms with E-state index in [0.717, 1.165) is 10.0 Å². The van der Waals surface area contributed by atoms with E-state index in [9.17, 15) is 8.42 Å². The minimum absolute atomic E-state index is 0.00898. The average molecular weight is 298 g/mol. The molecule has 0 bridgehead atoms. The number of hydrogen-bond donors (Lipinski definition) is 0. The highest BCUT2D eigenvalue weighted by atomic mass is 79.9. The van der Waals surface area contributed by atoms with Crippen LogP contribution in [-0.4, -0.2) is 14.7 Å². The maximum Gasteiger partial charge on any atom is 0.151 e. The van der Waals surface area contributed by atoms with Crippen molar-refractivity contribution in [2.45, 2.75) is 12.7 Å². The van der Waals surface area contributed by atoms with E-state index >= 15 is 0 Å². The van der Waals surface area contributed by atoms with Gasteiger partial charge in [-0.1, -0.05) is 27.5 Å². The van der Waals surface area contributed by atoms with Crippen molar-refractivity contribution in [1.82, 2.24) is 0 Å². The van der Waals surface area contributed by atoms with Gasteiger partial charge in [-0.25, -0.2) is 8.42 Å². The van der Waals surface area contributed by atoms with Gasteiger partial charge in [0.25, 0.3) is 0 Å². The smallest absolute Gasteiger partial charge is 0.151 e. The second-order valence-electron chi connectivity index (χ2n) is 3.25. The lowest BCUT2D eigenvalue weighted by atomic mass is 10.1. The second kappa shape index (κ2) is 4.21. The van der Waals surface area contributed by atoms with Crippen LogP contribution in [0.3, 0.4) is 0 Å². The Balaban J connectivity index is 3.22. The number of benzene rings is 1. The quantitative estimate of drug-likeness (QED) is 0.841. The van der Waals surface area contributed by atoms with Crippen molar-refractivity contribution < 1.29 is 8.42 Å². The molecule has 0 saturated heterocycles. The van der Waals surface area contributed by atoms with Gasteiger partial charge in [-0.2, -0.15) is 0 Å². The monoisotopic (exact) mass is 296 g/mol. The fourth-order valence-electron chi connectivity index (χ4n) is 1.18. The summed E-state index contributed by atoms with van der Waals surface area (Å²) in [6.45, 7) is 1.84. The van der Waals surface area contributed by atoms with E-state index in [1.54, 1.807) is 6.07 Å². The summed E-state index contributed by atoms with van der Waals surface area (Å²) in [5, 5.41) is 0.488. The minimum Gasteiger partial charge on any atom is -0.229 e. The van der Waals surface area contributed by atoms with Crippen molar-refractivity contribution in [1.29, 1.82) is 0 Å². The van der Waals surface area contributed by atoms with E-state index in [-0.39, 0.29) is 5.75 Å². The molecule has 14 heavy (non-hydrogen) atoms. The first-order chi connectivity index (χ1) is 6.29. The normalized spacial score (nSPS) is 11.7. The van der Waals surface area contributed by atoms with Gasteiger partial charge in [0, 0.05) is 15.8 Å². The molecule has 0 amide bonds. The summed E-state index contributed by atoms with van der Waals surface area (Å²) in [7, 11) is -3.03. The van der Waals surface area contributed by atoms with Gasteiger partial charge in [0.15, 0.2) is 9.84 Å². The zero-order chi connectivity index (χ0) is 10.9. The van der Waals surface area contributed by atoms with Crippen LogP contribution in [0, 0.1) is 6.92 Å². The minimum atomic E-state index is -3.03. The van der Waals surface area contributed by atoms with Gasteiger partial charge >= 0.3 is 0 Å². The summed E-state index contributed by atoms with van der Waals surface area (Å²) < 4.78 is 23.1. The molecule has 2 nitrogen and oxygen atoms in total. The molecule has 0 saturated carbocycles. The molecule has 0 spiro atoms. The lowest BCUT2D eigenvalue weighted by Gasteiger charge is -2.07. The summed E-state index contributed by atoms with van der Waals surface area (Å²) >= 11 is 9.24. The van der Waals surface area contributed by atoms with Gasteiger partial charge in [0.05, 0.1) is 5.75 Å². The molecule has 0 aliphatic carbocycles. The fraction of sp³-hybridized carbons (Fsp3) is 0.333. The Morgan fingerprint density at radius 2 is 2.00 bits per heavy atom. The maximum absolute atomic E-state index is 11.1. The van der Waals surface area contributed by atoms with Gasteiger partial charge in [-0.05, 0) is 30.2 Å². The Kier molecular flexibility index (Phi) is 3.61. The molecule has 78 valence electrons. The van der Waals surface area contributed by atoms with Crippen LogP contribution in [0.4, 0.5) is 0 Å². The third-order valence-electron chi connectivity index (χ3n) is 1.79. The highest BCUT2D eigenvalue weighted by Crippen LogP contribution is 2.26. The topological polar surface area (TPSA) is 34.1 Å². The molecule has 0 heterocycles. The molecular weight excluding hydrogens is 288 g/mol. The van der Waals surface area contributed by atoms with Crippen LogP contribution in [0.5, 0.6) is 0 Å². The van der Waals surface area contributed by atoms with Crippen molar-refractivity contribution in [2.24, 2.45) is 0 Å². The van der Waals surface area contributed by atoms with Crippen molar-refractivity contribution in [3.63, 3.8) is 0 Å². The van der Waals surface area contributed by atoms with Crippen LogP contribution in [0.2, 0.25) is 5.02 Å². The van der Waals surface area contributed by atoms with E-state index < -0.39 is 9.84 Å². The molecule has 0 aliphatic rings. The van der Waals surface area contributed by atoms with Gasteiger partial charge < -0.3 is 0 Å². The first-order valence-corrected chi connectivity index (χ1v) is 7.15. The van der Waals surface area contributed by atoms with Gasteiger partial charge in [-0.15, -0.1) is 0 Å². The summed E-state index contributed by atoms with van der Waals surface area (Å²) in [5.74, 6) is -0.00898. The van der Waals surface area contributed by atoms with E-state index in [4.69, 9.17) is 11.6 Å². The van der Waals surface area contributed by atoms with Crippen LogP contribution in [0.15, 0.2) is 16.6 Å². The standard InChI is InChI=1S/C9H10BrClO2S/c1-6-3-7(10)4-9(11)8(6)5-14(2,12)13/h3-4H,5H2,1-2H3. The molecule has 1 aromatic rings. The summed E-state index contributed by atoms with van der Waals surface area (Å²) in [5.41, 5.74) is 1.56. The fourth-order valence-corrected chi connectivity index (χ4v) is 3.20. The average Bonchev–Trinajstić information content (AvgIpc) is 1.95. The van der Waals surface area contributed by atoms with Gasteiger partial charge in [0.1, 0.15) is 0 Å². The number of aryl methyl sites for hydroxylation is 1. The number of halogens is 2. The predicted molar refractivity (Wildman–Crippen MR) is 62.4 cm³/mol. The molecule has 0 N–H and O–H groups in total. The highest BCUT2D eigenvalue weighted by Gasteiger charge is 2.11. The molecule has 0 fully saturated rings. The molecular formula is C9H10BrClO2S. The molecule has 0 aromatic heterocycles. The van der Waals surface area contributed by atoms with E-state index in [0.29, 0.717) is 10.6 Å². The van der Waals surface area contributed by atoms with Gasteiger partial charge in [-0.3, -0.25) is 0 Å². The zero-order valence-electron chi connectivity index (χ0n) is 7.84. The summed E-state index contributed by atoms with van der Waals surface area (Å²) in [4.78, 5) is 0. The van der Waals surface area contributed by atoms with Crippen LogP contribution in [0.25, 0.3) is 0 Å². The lowest BCUT2D eigenvalue weighted by Crippen LogP contribution is -2.03. The van der Waals surface area contributed by atoms with E-state index in [1.807, 2.05) is 13.0 Å². The Bertz CT molecular complexity index is 431. The Morgan fingerprint density at radius 1 is 1.43 bits per heavy atom. The molecule has 0 atom stereocenters. The second-order valence-corrected chi connectivity index (χ2v) is 6.72. The van der Waals surface area contributed by atoms with E-state index in [2.05, 4.69) is 15.9 Å². The molecule has 0 aliphatic heterocycles. The Labute approximate surface area is 97.3 Å². The first kappa shape index (κ1) is 12.0. The highest BCUT2D eigenvalue weighted by molar-refractivity contribution is 9.10. The largest absolute Gasteiger partial charge is 0.229 e. The van der Waals surface area contributed by atoms with Crippen molar-refractivity contribution >= 4 is 37.4 Å². The third-order valence-corrected chi connectivity index (χ3v) is 3.40. The summed E-state index contributed by atoms with van der Waals surface area (Å²) in [6.07, 6.45) is 1.20. The Hall–Kier alpha value is -0.0600. The molecule has 1 rings (SSSR count). The zero-order valence-corrected chi connectivity index (χ0v) is 11.0. The van der Waals surface area contributed by atoms with Crippen LogP contribution >= 0.6 is 27.5 Å². The number of rotatable bonds is 2. The van der Waals surface area contributed by atoms with Crippen molar-refractivity contribution in [2.75, 3.05) is 6.26 Å². The van der Waals surface area contributed by atoms with Crippen LogP contribution in [-0.2, 0) is 15.6 Å². The van der Waals surface area contributed by atoms with E-state index in [1.165, 1.54) is 6.26 Å². The summed E-state index contributed by atoms with van der Waals surface area (Å²) in [6, 6.07) is 3.56. The van der Waals surface area contributed by atoms with Crippen molar-refractivity contribution in [3.05, 3.63) is 32.8 Å². The third kappa shape index (κ3) is 3.26. The number of hydrogen-bond acceptors (Lipinski definition) is 2. The Morgan fingerprint density at radius 3 is 2.43 bits per heavy atom. The molecule has 1 aromatic carbocycles. The number of sulfone groups is 1. The SMILES string of the molecule is Cc1cc(Br)cc(Cl)c1CS(C)(=O)=O. The maximum atomic E-state index is 11.1. The first-order valence-electron chi connectivity index (χ1n) is 3.92. The van der Waals surface area contributed by atoms with Crippen LogP contribution < -0.4 is 0 Å². The van der Waals surface area contributed by atoms with Crippen molar-refractivity contribution in [3.8, 4) is 0 Å². The molecule has 5 heteroatoms. The predicted octanol–water partition coefficient (Wildman–Crippen LogP) is 2.96.